The van der Waals surface area contributed by atoms with Gasteiger partial charge >= 0.3 is 6.09 Å². The second kappa shape index (κ2) is 9.95. The maximum atomic E-state index is 13.4. The van der Waals surface area contributed by atoms with Gasteiger partial charge in [0.05, 0.1) is 18.3 Å². The summed E-state index contributed by atoms with van der Waals surface area (Å²) in [6.45, 7) is 5.24. The number of hydrogen-bond donors (Lipinski definition) is 2. The van der Waals surface area contributed by atoms with Crippen LogP contribution in [-0.2, 0) is 9.47 Å². The number of hydrogen-bond acceptors (Lipinski definition) is 8. The number of halogens is 1. The fraction of sp³-hybridized carbons (Fsp3) is 0.500. The van der Waals surface area contributed by atoms with E-state index >= 15 is 0 Å². The van der Waals surface area contributed by atoms with Crippen LogP contribution in [0.15, 0.2) is 35.4 Å². The zero-order chi connectivity index (χ0) is 28.1. The Bertz CT molecular complexity index is 1470. The first-order valence-corrected chi connectivity index (χ1v) is 12.8. The molecule has 0 aliphatic heterocycles. The Morgan fingerprint density at radius 3 is 2.59 bits per heavy atom. The lowest BCUT2D eigenvalue weighted by Crippen LogP contribution is -2.37. The molecule has 3 aromatic heterocycles. The molecule has 3 heterocycles. The highest BCUT2D eigenvalue weighted by Gasteiger charge is 2.39. The largest absolute Gasteiger partial charge is 0.443 e. The van der Waals surface area contributed by atoms with Crippen LogP contribution in [0.2, 0.25) is 0 Å². The molecule has 0 bridgehead atoms. The molecule has 2 saturated carbocycles. The average Bonchev–Trinajstić information content (AvgIpc) is 3.35. The van der Waals surface area contributed by atoms with Crippen molar-refractivity contribution in [3.63, 3.8) is 0 Å². The molecule has 2 aliphatic carbocycles. The number of nitrogens with one attached hydrogen (secondary N) is 2. The van der Waals surface area contributed by atoms with Gasteiger partial charge in [0.2, 0.25) is 0 Å². The van der Waals surface area contributed by atoms with Gasteiger partial charge in [-0.3, -0.25) is 14.5 Å². The minimum absolute atomic E-state index is 0.0281. The highest BCUT2D eigenvalue weighted by molar-refractivity contribution is 6.01. The predicted molar refractivity (Wildman–Crippen MR) is 141 cm³/mol. The number of pyridine rings is 1. The number of anilines is 3. The number of ether oxygens (including phenoxy) is 2. The molecule has 0 spiro atoms. The van der Waals surface area contributed by atoms with Crippen molar-refractivity contribution in [3.05, 3.63) is 46.5 Å². The van der Waals surface area contributed by atoms with Crippen molar-refractivity contribution < 1.29 is 23.5 Å². The summed E-state index contributed by atoms with van der Waals surface area (Å²) in [7, 11) is 3.16. The van der Waals surface area contributed by atoms with Crippen molar-refractivity contribution >= 4 is 35.0 Å². The highest BCUT2D eigenvalue weighted by Crippen LogP contribution is 2.33. The summed E-state index contributed by atoms with van der Waals surface area (Å²) in [5, 5.41) is 9.94. The van der Waals surface area contributed by atoms with E-state index < -0.39 is 29.8 Å². The standard InChI is InChI=1S/C26H32FN7O5/c1-26(2,3)39-25(37)32(4)21-12-20(29-18-7-6-8-33(24(18)36)14-9-15(10-14)38-5)31-22-16(13-28-34(21)22)23(35)30-19-11-17(19)27/h6-8,12-15,17,19H,9-11H2,1-5H3,(H,29,31)(H,30,35)/t14-,15+,17-,19+/m0/s1. The molecule has 2 aliphatic rings. The van der Waals surface area contributed by atoms with Crippen LogP contribution >= 0.6 is 0 Å². The van der Waals surface area contributed by atoms with Crippen molar-refractivity contribution in [2.75, 3.05) is 24.4 Å². The minimum atomic E-state index is -1.08. The summed E-state index contributed by atoms with van der Waals surface area (Å²) in [6.07, 6.45) is 3.17. The van der Waals surface area contributed by atoms with Crippen LogP contribution in [0.25, 0.3) is 5.65 Å². The van der Waals surface area contributed by atoms with Gasteiger partial charge in [-0.25, -0.2) is 14.2 Å². The first kappa shape index (κ1) is 26.6. The second-order valence-corrected chi connectivity index (χ2v) is 10.9. The summed E-state index contributed by atoms with van der Waals surface area (Å²) in [4.78, 5) is 44.8. The molecule has 5 rings (SSSR count). The highest BCUT2D eigenvalue weighted by atomic mass is 19.1. The normalized spacial score (nSPS) is 22.2. The lowest BCUT2D eigenvalue weighted by molar-refractivity contribution is 0.00522. The summed E-state index contributed by atoms with van der Waals surface area (Å²) in [5.41, 5.74) is -0.501. The number of alkyl halides is 1. The number of amides is 2. The van der Waals surface area contributed by atoms with Crippen LogP contribution in [0.1, 0.15) is 56.4 Å². The lowest BCUT2D eigenvalue weighted by atomic mass is 9.89. The third kappa shape index (κ3) is 5.44. The van der Waals surface area contributed by atoms with Gasteiger partial charge in [-0.15, -0.1) is 0 Å². The monoisotopic (exact) mass is 541 g/mol. The number of nitrogens with zero attached hydrogens (tertiary/aromatic N) is 5. The summed E-state index contributed by atoms with van der Waals surface area (Å²) < 4.78 is 27.3. The minimum Gasteiger partial charge on any atom is -0.443 e. The second-order valence-electron chi connectivity index (χ2n) is 10.9. The number of methoxy groups -OCH3 is 1. The number of carbonyl (C=O) groups excluding carboxylic acids is 2. The average molecular weight is 542 g/mol. The van der Waals surface area contributed by atoms with Gasteiger partial charge in [0, 0.05) is 38.9 Å². The van der Waals surface area contributed by atoms with Crippen LogP contribution in [-0.4, -0.2) is 69.2 Å². The van der Waals surface area contributed by atoms with E-state index in [9.17, 15) is 18.8 Å². The molecule has 3 aromatic rings. The van der Waals surface area contributed by atoms with E-state index in [0.717, 1.165) is 12.8 Å². The van der Waals surface area contributed by atoms with E-state index in [1.54, 1.807) is 50.8 Å². The van der Waals surface area contributed by atoms with Crippen molar-refractivity contribution in [2.45, 2.75) is 70.0 Å². The quantitative estimate of drug-likeness (QED) is 0.466. The molecule has 2 N–H and O–H groups in total. The molecular weight excluding hydrogens is 509 g/mol. The van der Waals surface area contributed by atoms with Crippen molar-refractivity contribution in [3.8, 4) is 0 Å². The van der Waals surface area contributed by atoms with Crippen molar-refractivity contribution in [1.82, 2.24) is 24.5 Å². The molecular formula is C26H32FN7O5. The van der Waals surface area contributed by atoms with Crippen LogP contribution in [0.4, 0.5) is 26.5 Å². The van der Waals surface area contributed by atoms with E-state index in [2.05, 4.69) is 20.7 Å². The Morgan fingerprint density at radius 1 is 1.23 bits per heavy atom. The summed E-state index contributed by atoms with van der Waals surface area (Å²) in [6, 6.07) is 4.40. The third-order valence-electron chi connectivity index (χ3n) is 6.77. The number of fused-ring (bicyclic) bond motifs is 1. The Balaban J connectivity index is 1.52. The zero-order valence-corrected chi connectivity index (χ0v) is 22.5. The Kier molecular flexibility index (Phi) is 6.79. The molecule has 0 radical (unpaired) electrons. The van der Waals surface area contributed by atoms with E-state index in [4.69, 9.17) is 9.47 Å². The van der Waals surface area contributed by atoms with E-state index in [-0.39, 0.29) is 52.7 Å². The zero-order valence-electron chi connectivity index (χ0n) is 22.5. The molecule has 13 heteroatoms. The van der Waals surface area contributed by atoms with E-state index in [0.29, 0.717) is 0 Å². The number of aromatic nitrogens is 4. The first-order valence-electron chi connectivity index (χ1n) is 12.8. The molecule has 208 valence electrons. The van der Waals surface area contributed by atoms with Crippen LogP contribution < -0.4 is 21.1 Å². The van der Waals surface area contributed by atoms with Gasteiger partial charge in [0.1, 0.15) is 34.7 Å². The Labute approximate surface area is 224 Å². The van der Waals surface area contributed by atoms with Gasteiger partial charge < -0.3 is 24.7 Å². The lowest BCUT2D eigenvalue weighted by Gasteiger charge is -2.35. The van der Waals surface area contributed by atoms with Crippen LogP contribution in [0.5, 0.6) is 0 Å². The molecule has 39 heavy (non-hydrogen) atoms. The van der Waals surface area contributed by atoms with Gasteiger partial charge in [0.15, 0.2) is 5.65 Å². The molecule has 0 saturated heterocycles. The fourth-order valence-electron chi connectivity index (χ4n) is 4.38. The number of carbonyl (C=O) groups is 2. The Morgan fingerprint density at radius 2 is 1.95 bits per heavy atom. The molecule has 2 amide bonds. The van der Waals surface area contributed by atoms with Crippen molar-refractivity contribution in [2.24, 2.45) is 0 Å². The van der Waals surface area contributed by atoms with Crippen LogP contribution in [0, 0.1) is 0 Å². The molecule has 2 fully saturated rings. The summed E-state index contributed by atoms with van der Waals surface area (Å²) >= 11 is 0. The predicted octanol–water partition coefficient (Wildman–Crippen LogP) is 3.20. The maximum absolute atomic E-state index is 13.4. The SMILES string of the molecule is CO[C@H]1C[C@@H](n2cccc(Nc3cc(N(C)C(=O)OC(C)(C)C)n4ncc(C(=O)N[C@@H]5C[C@@H]5F)c4n3)c2=O)C1. The summed E-state index contributed by atoms with van der Waals surface area (Å²) in [5.74, 6) is -0.0929. The molecule has 0 unspecified atom stereocenters. The topological polar surface area (TPSA) is 132 Å². The van der Waals surface area contributed by atoms with E-state index in [1.807, 2.05) is 0 Å². The molecule has 2 atom stereocenters. The molecule has 12 nitrogen and oxygen atoms in total. The van der Waals surface area contributed by atoms with Crippen molar-refractivity contribution in [1.29, 1.82) is 0 Å². The first-order chi connectivity index (χ1) is 18.4. The van der Waals surface area contributed by atoms with Gasteiger partial charge in [-0.05, 0) is 45.7 Å². The Hall–Kier alpha value is -4.00. The van der Waals surface area contributed by atoms with Crippen LogP contribution in [0.3, 0.4) is 0 Å². The third-order valence-corrected chi connectivity index (χ3v) is 6.77. The smallest absolute Gasteiger partial charge is 0.415 e. The van der Waals surface area contributed by atoms with Gasteiger partial charge in [-0.2, -0.15) is 9.61 Å². The number of rotatable bonds is 7. The van der Waals surface area contributed by atoms with E-state index in [1.165, 1.54) is 28.7 Å². The fourth-order valence-corrected chi connectivity index (χ4v) is 4.38. The van der Waals surface area contributed by atoms with Gasteiger partial charge in [0.25, 0.3) is 11.5 Å². The maximum Gasteiger partial charge on any atom is 0.415 e. The molecule has 0 aromatic carbocycles. The van der Waals surface area contributed by atoms with Gasteiger partial charge in [-0.1, -0.05) is 0 Å².